The fourth-order valence-electron chi connectivity index (χ4n) is 3.20. The Morgan fingerprint density at radius 1 is 1.04 bits per heavy atom. The molecule has 2 aromatic carbocycles. The van der Waals surface area contributed by atoms with E-state index in [2.05, 4.69) is 17.1 Å². The summed E-state index contributed by atoms with van der Waals surface area (Å²) >= 11 is 1.56. The van der Waals surface area contributed by atoms with E-state index in [1.165, 1.54) is 0 Å². The average Bonchev–Trinajstić information content (AvgIpc) is 3.39. The van der Waals surface area contributed by atoms with E-state index in [4.69, 9.17) is 19.6 Å². The highest BCUT2D eigenvalue weighted by Gasteiger charge is 2.16. The smallest absolute Gasteiger partial charge is 0.213 e. The molecule has 0 saturated carbocycles. The number of benzene rings is 2. The quantitative estimate of drug-likeness (QED) is 0.497. The summed E-state index contributed by atoms with van der Waals surface area (Å²) in [4.78, 5) is 8.87. The number of H-pyrrole nitrogens is 1. The van der Waals surface area contributed by atoms with Crippen LogP contribution in [0, 0.1) is 0 Å². The average molecular weight is 376 g/mol. The summed E-state index contributed by atoms with van der Waals surface area (Å²) in [7, 11) is 3.30. The van der Waals surface area contributed by atoms with E-state index >= 15 is 0 Å². The molecule has 3 heterocycles. The van der Waals surface area contributed by atoms with Gasteiger partial charge in [0.2, 0.25) is 4.96 Å². The highest BCUT2D eigenvalue weighted by atomic mass is 32.1. The molecule has 0 saturated heterocycles. The van der Waals surface area contributed by atoms with Crippen molar-refractivity contribution in [2.24, 2.45) is 0 Å². The van der Waals surface area contributed by atoms with Gasteiger partial charge in [0.05, 0.1) is 26.1 Å². The van der Waals surface area contributed by atoms with Crippen LogP contribution in [0.5, 0.6) is 11.5 Å². The molecule has 0 fully saturated rings. The summed E-state index contributed by atoms with van der Waals surface area (Å²) in [5.41, 5.74) is 3.86. The first kappa shape index (κ1) is 15.9. The van der Waals surface area contributed by atoms with Crippen molar-refractivity contribution in [3.05, 3.63) is 54.9 Å². The van der Waals surface area contributed by atoms with E-state index in [9.17, 15) is 0 Å². The van der Waals surface area contributed by atoms with Gasteiger partial charge in [0.15, 0.2) is 0 Å². The Bertz CT molecular complexity index is 1240. The van der Waals surface area contributed by atoms with Crippen molar-refractivity contribution in [3.8, 4) is 33.3 Å². The number of aromatic amines is 1. The number of fused-ring (bicyclic) bond motifs is 2. The third kappa shape index (κ3) is 2.55. The van der Waals surface area contributed by atoms with Crippen LogP contribution in [-0.2, 0) is 0 Å². The molecular weight excluding hydrogens is 360 g/mol. The summed E-state index contributed by atoms with van der Waals surface area (Å²) in [6.45, 7) is 0. The number of nitrogens with one attached hydrogen (secondary N) is 1. The Hall–Kier alpha value is -3.32. The molecule has 0 aliphatic carbocycles. The number of para-hydroxylation sites is 1. The lowest BCUT2D eigenvalue weighted by Gasteiger charge is -2.08. The van der Waals surface area contributed by atoms with Crippen LogP contribution in [0.25, 0.3) is 37.7 Å². The third-order valence-electron chi connectivity index (χ3n) is 4.55. The van der Waals surface area contributed by atoms with Crippen molar-refractivity contribution in [2.75, 3.05) is 14.2 Å². The van der Waals surface area contributed by atoms with Crippen LogP contribution in [-0.4, -0.2) is 33.8 Å². The van der Waals surface area contributed by atoms with Crippen LogP contribution in [0.1, 0.15) is 0 Å². The zero-order chi connectivity index (χ0) is 18.4. The maximum atomic E-state index is 5.48. The molecule has 7 heteroatoms. The molecule has 5 rings (SSSR count). The van der Waals surface area contributed by atoms with Crippen LogP contribution < -0.4 is 9.47 Å². The summed E-state index contributed by atoms with van der Waals surface area (Å²) in [5.74, 6) is 1.51. The Kier molecular flexibility index (Phi) is 3.61. The van der Waals surface area contributed by atoms with Gasteiger partial charge < -0.3 is 14.5 Å². The van der Waals surface area contributed by atoms with Gasteiger partial charge in [0.25, 0.3) is 0 Å². The lowest BCUT2D eigenvalue weighted by atomic mass is 10.1. The van der Waals surface area contributed by atoms with Crippen LogP contribution in [0.4, 0.5) is 0 Å². The van der Waals surface area contributed by atoms with Gasteiger partial charge in [-0.1, -0.05) is 29.5 Å². The molecule has 27 heavy (non-hydrogen) atoms. The van der Waals surface area contributed by atoms with Gasteiger partial charge in [-0.3, -0.25) is 0 Å². The molecular formula is C20H16N4O2S. The fourth-order valence-corrected chi connectivity index (χ4v) is 4.11. The number of nitrogens with zero attached hydrogens (tertiary/aromatic N) is 3. The van der Waals surface area contributed by atoms with E-state index in [1.54, 1.807) is 25.6 Å². The van der Waals surface area contributed by atoms with Crippen molar-refractivity contribution >= 4 is 27.2 Å². The van der Waals surface area contributed by atoms with E-state index < -0.39 is 0 Å². The molecule has 0 aliphatic rings. The Balaban J connectivity index is 1.60. The molecule has 0 spiro atoms. The van der Waals surface area contributed by atoms with Crippen molar-refractivity contribution < 1.29 is 9.47 Å². The first-order valence-corrected chi connectivity index (χ1v) is 9.23. The molecule has 5 aromatic rings. The number of hydrogen-bond acceptors (Lipinski definition) is 5. The minimum atomic E-state index is 0.749. The third-order valence-corrected chi connectivity index (χ3v) is 5.50. The van der Waals surface area contributed by atoms with Gasteiger partial charge in [-0.15, -0.1) is 0 Å². The highest BCUT2D eigenvalue weighted by Crippen LogP contribution is 2.36. The van der Waals surface area contributed by atoms with Gasteiger partial charge in [0, 0.05) is 28.2 Å². The van der Waals surface area contributed by atoms with Gasteiger partial charge in [-0.25, -0.2) is 9.50 Å². The van der Waals surface area contributed by atoms with Crippen molar-refractivity contribution in [2.45, 2.75) is 0 Å². The Morgan fingerprint density at radius 2 is 1.93 bits per heavy atom. The zero-order valence-corrected chi connectivity index (χ0v) is 15.6. The lowest BCUT2D eigenvalue weighted by Crippen LogP contribution is -1.90. The summed E-state index contributed by atoms with van der Waals surface area (Å²) < 4.78 is 12.6. The van der Waals surface area contributed by atoms with Crippen molar-refractivity contribution in [1.82, 2.24) is 19.6 Å². The summed E-state index contributed by atoms with van der Waals surface area (Å²) in [6.07, 6.45) is 3.91. The number of rotatable bonds is 4. The maximum Gasteiger partial charge on any atom is 0.213 e. The van der Waals surface area contributed by atoms with Gasteiger partial charge in [-0.05, 0) is 24.3 Å². The predicted molar refractivity (Wildman–Crippen MR) is 107 cm³/mol. The second-order valence-corrected chi connectivity index (χ2v) is 7.03. The minimum absolute atomic E-state index is 0.749. The van der Waals surface area contributed by atoms with E-state index in [1.807, 2.05) is 47.2 Å². The predicted octanol–water partition coefficient (Wildman–Crippen LogP) is 4.62. The van der Waals surface area contributed by atoms with Crippen LogP contribution in [0.15, 0.2) is 54.9 Å². The molecule has 0 bridgehead atoms. The maximum absolute atomic E-state index is 5.48. The standard InChI is InChI=1S/C20H16N4O2S/c1-25-12-7-8-18(26-2)14(9-12)17-11-24-20(22-17)27-19(23-24)15-10-21-16-6-4-3-5-13(15)16/h3-11,21H,1-2H3. The fraction of sp³-hybridized carbons (Fsp3) is 0.100. The number of imidazole rings is 1. The highest BCUT2D eigenvalue weighted by molar-refractivity contribution is 7.20. The van der Waals surface area contributed by atoms with E-state index in [-0.39, 0.29) is 0 Å². The zero-order valence-electron chi connectivity index (χ0n) is 14.8. The normalized spacial score (nSPS) is 11.3. The largest absolute Gasteiger partial charge is 0.497 e. The second kappa shape index (κ2) is 6.14. The number of aromatic nitrogens is 4. The van der Waals surface area contributed by atoms with Crippen LogP contribution in [0.2, 0.25) is 0 Å². The Labute approximate surface area is 159 Å². The number of ether oxygens (including phenoxy) is 2. The van der Waals surface area contributed by atoms with Gasteiger partial charge in [0.1, 0.15) is 16.5 Å². The van der Waals surface area contributed by atoms with Crippen LogP contribution >= 0.6 is 11.3 Å². The molecule has 1 N–H and O–H groups in total. The molecule has 0 unspecified atom stereocenters. The van der Waals surface area contributed by atoms with Crippen LogP contribution in [0.3, 0.4) is 0 Å². The molecule has 6 nitrogen and oxygen atoms in total. The number of hydrogen-bond donors (Lipinski definition) is 1. The molecule has 0 amide bonds. The van der Waals surface area contributed by atoms with Crippen molar-refractivity contribution in [3.63, 3.8) is 0 Å². The second-order valence-electron chi connectivity index (χ2n) is 6.07. The monoisotopic (exact) mass is 376 g/mol. The molecule has 0 aliphatic heterocycles. The SMILES string of the molecule is COc1ccc(OC)c(-c2cn3nc(-c4c[nH]c5ccccc45)sc3n2)c1. The van der Waals surface area contributed by atoms with E-state index in [0.717, 1.165) is 49.2 Å². The number of methoxy groups -OCH3 is 2. The lowest BCUT2D eigenvalue weighted by molar-refractivity contribution is 0.404. The Morgan fingerprint density at radius 3 is 2.74 bits per heavy atom. The van der Waals surface area contributed by atoms with Gasteiger partial charge >= 0.3 is 0 Å². The van der Waals surface area contributed by atoms with E-state index in [0.29, 0.717) is 0 Å². The first-order chi connectivity index (χ1) is 13.3. The minimum Gasteiger partial charge on any atom is -0.497 e. The summed E-state index contributed by atoms with van der Waals surface area (Å²) in [6, 6.07) is 13.9. The topological polar surface area (TPSA) is 64.4 Å². The van der Waals surface area contributed by atoms with Gasteiger partial charge in [-0.2, -0.15) is 5.10 Å². The van der Waals surface area contributed by atoms with Crippen molar-refractivity contribution in [1.29, 1.82) is 0 Å². The molecule has 3 aromatic heterocycles. The molecule has 0 radical (unpaired) electrons. The summed E-state index contributed by atoms with van der Waals surface area (Å²) in [5, 5.41) is 6.82. The molecule has 134 valence electrons. The first-order valence-electron chi connectivity index (χ1n) is 8.42. The molecule has 0 atom stereocenters.